The Balaban J connectivity index is 0. The van der Waals surface area contributed by atoms with Crippen LogP contribution >= 0.6 is 0 Å². The zero-order valence-corrected chi connectivity index (χ0v) is 15.8. The zero-order valence-electron chi connectivity index (χ0n) is 15.8. The summed E-state index contributed by atoms with van der Waals surface area (Å²) in [6.07, 6.45) is -0.0506. The molecule has 1 aromatic carbocycles. The molecule has 0 aliphatic heterocycles. The minimum Gasteiger partial charge on any atom is -0.406 e. The van der Waals surface area contributed by atoms with Gasteiger partial charge in [0.1, 0.15) is 5.75 Å². The number of hydrogen-bond acceptors (Lipinski definition) is 2. The van der Waals surface area contributed by atoms with E-state index < -0.39 is 6.36 Å². The van der Waals surface area contributed by atoms with E-state index in [1.807, 2.05) is 27.8 Å². The minimum absolute atomic E-state index is 0.187. The number of allylic oxidation sites excluding steroid dienone is 2. The molecule has 0 bridgehead atoms. The lowest BCUT2D eigenvalue weighted by Crippen LogP contribution is -2.16. The van der Waals surface area contributed by atoms with Gasteiger partial charge in [0.05, 0.1) is 0 Å². The first kappa shape index (κ1) is 24.5. The first-order valence-electron chi connectivity index (χ1n) is 8.11. The molecule has 0 aliphatic rings. The number of halogens is 3. The van der Waals surface area contributed by atoms with E-state index in [-0.39, 0.29) is 5.75 Å². The average molecular weight is 345 g/mol. The molecule has 5 heteroatoms. The van der Waals surface area contributed by atoms with Crippen LogP contribution in [0.2, 0.25) is 0 Å². The molecular formula is C19H30F3NO. The number of nitrogens with zero attached hydrogens (tertiary/aromatic N) is 1. The summed E-state index contributed by atoms with van der Waals surface area (Å²) in [7, 11) is 1.82. The van der Waals surface area contributed by atoms with E-state index >= 15 is 0 Å². The van der Waals surface area contributed by atoms with E-state index in [9.17, 15) is 13.2 Å². The molecule has 0 aromatic heterocycles. The quantitative estimate of drug-likeness (QED) is 0.553. The predicted octanol–water partition coefficient (Wildman–Crippen LogP) is 6.74. The van der Waals surface area contributed by atoms with Crippen LogP contribution in [-0.2, 0) is 0 Å². The van der Waals surface area contributed by atoms with Gasteiger partial charge in [-0.2, -0.15) is 0 Å². The molecule has 0 atom stereocenters. The van der Waals surface area contributed by atoms with E-state index in [0.29, 0.717) is 0 Å². The van der Waals surface area contributed by atoms with Crippen LogP contribution in [0.25, 0.3) is 0 Å². The van der Waals surface area contributed by atoms with E-state index in [4.69, 9.17) is 0 Å². The Bertz CT molecular complexity index is 488. The van der Waals surface area contributed by atoms with Crippen molar-refractivity contribution < 1.29 is 17.9 Å². The monoisotopic (exact) mass is 345 g/mol. The van der Waals surface area contributed by atoms with Crippen LogP contribution in [0.4, 0.5) is 13.2 Å². The van der Waals surface area contributed by atoms with E-state index in [2.05, 4.69) is 29.7 Å². The molecular weight excluding hydrogens is 315 g/mol. The lowest BCUT2D eigenvalue weighted by Gasteiger charge is -2.08. The molecule has 0 N–H and O–H groups in total. The highest BCUT2D eigenvalue weighted by atomic mass is 19.4. The van der Waals surface area contributed by atoms with Crippen LogP contribution in [0, 0.1) is 6.92 Å². The maximum atomic E-state index is 11.6. The summed E-state index contributed by atoms with van der Waals surface area (Å²) in [4.78, 5) is 4.05. The number of alkyl halides is 3. The van der Waals surface area contributed by atoms with Crippen LogP contribution in [0.15, 0.2) is 40.9 Å². The van der Waals surface area contributed by atoms with E-state index in [1.54, 1.807) is 19.1 Å². The maximum Gasteiger partial charge on any atom is 0.573 e. The molecule has 1 aromatic rings. The Morgan fingerprint density at radius 2 is 1.62 bits per heavy atom. The van der Waals surface area contributed by atoms with Gasteiger partial charge in [0.2, 0.25) is 0 Å². The summed E-state index contributed by atoms with van der Waals surface area (Å²) >= 11 is 0. The van der Waals surface area contributed by atoms with Gasteiger partial charge in [-0.05, 0) is 45.4 Å². The molecule has 0 heterocycles. The highest BCUT2D eigenvalue weighted by Crippen LogP contribution is 2.22. The number of benzene rings is 1. The van der Waals surface area contributed by atoms with Gasteiger partial charge >= 0.3 is 6.36 Å². The number of rotatable bonds is 4. The van der Waals surface area contributed by atoms with Crippen molar-refractivity contribution in [3.05, 3.63) is 41.5 Å². The van der Waals surface area contributed by atoms with Gasteiger partial charge in [-0.15, -0.1) is 13.2 Å². The van der Waals surface area contributed by atoms with Crippen LogP contribution in [-0.4, -0.2) is 19.1 Å². The third kappa shape index (κ3) is 15.1. The molecule has 24 heavy (non-hydrogen) atoms. The first-order valence-corrected chi connectivity index (χ1v) is 8.11. The standard InChI is InChI=1S/C9H17N.C8H7F3O.C2H6/c1-5-6-8(2)7-9(3)10-4;1-6-2-4-7(5-3-6)12-8(9,10)11;1-2/h7H,5-6H2,1-4H3;2-5H,1H3;1-2H3/b8-7-,10-9?;;. The average Bonchev–Trinajstić information content (AvgIpc) is 2.51. The molecule has 0 spiro atoms. The van der Waals surface area contributed by atoms with Crippen LogP contribution < -0.4 is 4.74 Å². The van der Waals surface area contributed by atoms with Crippen LogP contribution in [0.1, 0.15) is 53.0 Å². The summed E-state index contributed by atoms with van der Waals surface area (Å²) < 4.78 is 38.5. The number of aliphatic imine (C=N–C) groups is 1. The van der Waals surface area contributed by atoms with Crippen molar-refractivity contribution in [2.75, 3.05) is 7.05 Å². The Labute approximate surface area is 144 Å². The molecule has 0 unspecified atom stereocenters. The molecule has 0 fully saturated rings. The normalized spacial score (nSPS) is 11.8. The predicted molar refractivity (Wildman–Crippen MR) is 96.9 cm³/mol. The second-order valence-electron chi connectivity index (χ2n) is 4.97. The lowest BCUT2D eigenvalue weighted by molar-refractivity contribution is -0.274. The number of aryl methyl sites for hydroxylation is 1. The summed E-state index contributed by atoms with van der Waals surface area (Å²) in [5.74, 6) is -0.187. The second-order valence-corrected chi connectivity index (χ2v) is 4.97. The fraction of sp³-hybridized carbons (Fsp3) is 0.526. The Morgan fingerprint density at radius 3 is 2.00 bits per heavy atom. The molecule has 0 radical (unpaired) electrons. The topological polar surface area (TPSA) is 21.6 Å². The fourth-order valence-electron chi connectivity index (χ4n) is 1.63. The summed E-state index contributed by atoms with van der Waals surface area (Å²) in [5.41, 5.74) is 3.43. The van der Waals surface area contributed by atoms with Crippen molar-refractivity contribution in [1.82, 2.24) is 0 Å². The Hall–Kier alpha value is -1.78. The first-order chi connectivity index (χ1) is 11.2. The summed E-state index contributed by atoms with van der Waals surface area (Å²) in [6, 6.07) is 5.67. The molecule has 0 amide bonds. The highest BCUT2D eigenvalue weighted by molar-refractivity contribution is 5.93. The lowest BCUT2D eigenvalue weighted by atomic mass is 10.1. The van der Waals surface area contributed by atoms with Gasteiger partial charge in [0.25, 0.3) is 0 Å². The van der Waals surface area contributed by atoms with Gasteiger partial charge < -0.3 is 4.74 Å². The van der Waals surface area contributed by atoms with Gasteiger partial charge in [0, 0.05) is 12.8 Å². The van der Waals surface area contributed by atoms with Crippen molar-refractivity contribution in [1.29, 1.82) is 0 Å². The van der Waals surface area contributed by atoms with Crippen molar-refractivity contribution in [3.8, 4) is 5.75 Å². The smallest absolute Gasteiger partial charge is 0.406 e. The van der Waals surface area contributed by atoms with Gasteiger partial charge in [-0.1, -0.05) is 50.5 Å². The van der Waals surface area contributed by atoms with Gasteiger partial charge in [-0.3, -0.25) is 4.99 Å². The van der Waals surface area contributed by atoms with Crippen molar-refractivity contribution in [2.45, 2.75) is 60.7 Å². The summed E-state index contributed by atoms with van der Waals surface area (Å²) in [6.45, 7) is 12.2. The third-order valence-electron chi connectivity index (χ3n) is 2.71. The molecule has 0 saturated carbocycles. The maximum absolute atomic E-state index is 11.6. The fourth-order valence-corrected chi connectivity index (χ4v) is 1.63. The van der Waals surface area contributed by atoms with Crippen molar-refractivity contribution >= 4 is 5.71 Å². The highest BCUT2D eigenvalue weighted by Gasteiger charge is 2.30. The van der Waals surface area contributed by atoms with Crippen molar-refractivity contribution in [3.63, 3.8) is 0 Å². The van der Waals surface area contributed by atoms with Gasteiger partial charge in [-0.25, -0.2) is 0 Å². The molecule has 0 saturated heterocycles. The van der Waals surface area contributed by atoms with E-state index in [1.165, 1.54) is 30.5 Å². The second kappa shape index (κ2) is 13.6. The molecule has 138 valence electrons. The zero-order chi connectivity index (χ0) is 19.2. The van der Waals surface area contributed by atoms with Gasteiger partial charge in [0.15, 0.2) is 0 Å². The van der Waals surface area contributed by atoms with Crippen LogP contribution in [0.5, 0.6) is 5.75 Å². The van der Waals surface area contributed by atoms with E-state index in [0.717, 1.165) is 11.3 Å². The van der Waals surface area contributed by atoms with Crippen LogP contribution in [0.3, 0.4) is 0 Å². The number of hydrogen-bond donors (Lipinski definition) is 0. The largest absolute Gasteiger partial charge is 0.573 e. The summed E-state index contributed by atoms with van der Waals surface area (Å²) in [5, 5.41) is 0. The van der Waals surface area contributed by atoms with Crippen molar-refractivity contribution in [2.24, 2.45) is 4.99 Å². The Morgan fingerprint density at radius 1 is 1.12 bits per heavy atom. The molecule has 0 aliphatic carbocycles. The SMILES string of the molecule is CC.CCC/C(C)=C\C(C)=NC.Cc1ccc(OC(F)(F)F)cc1. The molecule has 1 rings (SSSR count). The Kier molecular flexibility index (Phi) is 13.9. The minimum atomic E-state index is -4.60. The third-order valence-corrected chi connectivity index (χ3v) is 2.71. The molecule has 2 nitrogen and oxygen atoms in total. The number of ether oxygens (including phenoxy) is 1.